The summed E-state index contributed by atoms with van der Waals surface area (Å²) in [5.41, 5.74) is 5.83. The van der Waals surface area contributed by atoms with Gasteiger partial charge in [0.05, 0.1) is 6.61 Å². The standard InChI is InChI=1S/C13H28N2O2/c1-16-9-5-10-17-11-8-15-7-4-2-3-6-13(15)12-14/h13H,2-12,14H2,1H3. The fourth-order valence-corrected chi connectivity index (χ4v) is 2.39. The zero-order chi connectivity index (χ0) is 12.3. The Morgan fingerprint density at radius 1 is 1.18 bits per heavy atom. The van der Waals surface area contributed by atoms with Gasteiger partial charge in [-0.2, -0.15) is 0 Å². The summed E-state index contributed by atoms with van der Waals surface area (Å²) in [5, 5.41) is 0. The van der Waals surface area contributed by atoms with Crippen molar-refractivity contribution in [3.63, 3.8) is 0 Å². The summed E-state index contributed by atoms with van der Waals surface area (Å²) in [6, 6.07) is 0.570. The number of nitrogens with two attached hydrogens (primary N) is 1. The predicted octanol–water partition coefficient (Wildman–Crippen LogP) is 1.24. The molecule has 0 spiro atoms. The first-order chi connectivity index (χ1) is 8.38. The van der Waals surface area contributed by atoms with Gasteiger partial charge in [0.25, 0.3) is 0 Å². The van der Waals surface area contributed by atoms with Crippen molar-refractivity contribution in [1.82, 2.24) is 4.90 Å². The van der Waals surface area contributed by atoms with Crippen molar-refractivity contribution < 1.29 is 9.47 Å². The van der Waals surface area contributed by atoms with Crippen LogP contribution in [0.5, 0.6) is 0 Å². The molecule has 102 valence electrons. The number of hydrogen-bond donors (Lipinski definition) is 1. The van der Waals surface area contributed by atoms with Crippen LogP contribution in [0.2, 0.25) is 0 Å². The van der Waals surface area contributed by atoms with Gasteiger partial charge in [0, 0.05) is 39.5 Å². The van der Waals surface area contributed by atoms with E-state index < -0.39 is 0 Å². The third kappa shape index (κ3) is 6.36. The topological polar surface area (TPSA) is 47.7 Å². The van der Waals surface area contributed by atoms with E-state index in [-0.39, 0.29) is 0 Å². The van der Waals surface area contributed by atoms with Crippen LogP contribution in [0.25, 0.3) is 0 Å². The normalized spacial score (nSPS) is 22.6. The minimum absolute atomic E-state index is 0.570. The third-order valence-corrected chi connectivity index (χ3v) is 3.43. The van der Waals surface area contributed by atoms with Crippen molar-refractivity contribution >= 4 is 0 Å². The molecule has 1 fully saturated rings. The van der Waals surface area contributed by atoms with E-state index in [0.29, 0.717) is 6.04 Å². The smallest absolute Gasteiger partial charge is 0.0593 e. The van der Waals surface area contributed by atoms with Crippen LogP contribution in [-0.4, -0.2) is 57.5 Å². The quantitative estimate of drug-likeness (QED) is 0.653. The summed E-state index contributed by atoms with van der Waals surface area (Å²) >= 11 is 0. The first-order valence-electron chi connectivity index (χ1n) is 6.89. The molecule has 0 aromatic heterocycles. The number of hydrogen-bond acceptors (Lipinski definition) is 4. The van der Waals surface area contributed by atoms with Crippen LogP contribution >= 0.6 is 0 Å². The molecule has 1 aliphatic rings. The van der Waals surface area contributed by atoms with E-state index >= 15 is 0 Å². The van der Waals surface area contributed by atoms with Crippen LogP contribution in [0.1, 0.15) is 32.1 Å². The minimum atomic E-state index is 0.570. The van der Waals surface area contributed by atoms with Crippen LogP contribution in [0.3, 0.4) is 0 Å². The van der Waals surface area contributed by atoms with Crippen molar-refractivity contribution in [3.8, 4) is 0 Å². The highest BCUT2D eigenvalue weighted by molar-refractivity contribution is 4.75. The molecule has 1 atom stereocenters. The minimum Gasteiger partial charge on any atom is -0.385 e. The van der Waals surface area contributed by atoms with Gasteiger partial charge in [-0.3, -0.25) is 4.90 Å². The zero-order valence-electron chi connectivity index (χ0n) is 11.2. The molecule has 1 rings (SSSR count). The van der Waals surface area contributed by atoms with E-state index in [1.54, 1.807) is 7.11 Å². The molecule has 0 aromatic carbocycles. The maximum Gasteiger partial charge on any atom is 0.0593 e. The molecule has 1 saturated heterocycles. The van der Waals surface area contributed by atoms with Crippen molar-refractivity contribution in [2.75, 3.05) is 46.6 Å². The van der Waals surface area contributed by atoms with Crippen LogP contribution < -0.4 is 5.73 Å². The summed E-state index contributed by atoms with van der Waals surface area (Å²) in [7, 11) is 1.73. The number of methoxy groups -OCH3 is 1. The van der Waals surface area contributed by atoms with E-state index in [1.807, 2.05) is 0 Å². The first kappa shape index (κ1) is 14.9. The average molecular weight is 244 g/mol. The molecule has 1 aliphatic heterocycles. The molecule has 4 nitrogen and oxygen atoms in total. The Labute approximate surface area is 105 Å². The third-order valence-electron chi connectivity index (χ3n) is 3.43. The molecule has 1 unspecified atom stereocenters. The average Bonchev–Trinajstić information content (AvgIpc) is 2.58. The lowest BCUT2D eigenvalue weighted by Gasteiger charge is -2.28. The molecule has 17 heavy (non-hydrogen) atoms. The van der Waals surface area contributed by atoms with Gasteiger partial charge in [0.1, 0.15) is 0 Å². The summed E-state index contributed by atoms with van der Waals surface area (Å²) in [6.45, 7) is 5.39. The molecule has 0 saturated carbocycles. The highest BCUT2D eigenvalue weighted by atomic mass is 16.5. The molecular formula is C13H28N2O2. The molecule has 4 heteroatoms. The van der Waals surface area contributed by atoms with E-state index in [2.05, 4.69) is 4.90 Å². The van der Waals surface area contributed by atoms with Crippen LogP contribution in [-0.2, 0) is 9.47 Å². The lowest BCUT2D eigenvalue weighted by Crippen LogP contribution is -2.42. The van der Waals surface area contributed by atoms with Gasteiger partial charge < -0.3 is 15.2 Å². The Kier molecular flexibility index (Phi) is 8.61. The Hall–Kier alpha value is -0.160. The molecular weight excluding hydrogens is 216 g/mol. The fraction of sp³-hybridized carbons (Fsp3) is 1.00. The number of likely N-dealkylation sites (tertiary alicyclic amines) is 1. The first-order valence-corrected chi connectivity index (χ1v) is 6.89. The zero-order valence-corrected chi connectivity index (χ0v) is 11.2. The van der Waals surface area contributed by atoms with Crippen molar-refractivity contribution in [1.29, 1.82) is 0 Å². The number of nitrogens with zero attached hydrogens (tertiary/aromatic N) is 1. The largest absolute Gasteiger partial charge is 0.385 e. The van der Waals surface area contributed by atoms with Gasteiger partial charge >= 0.3 is 0 Å². The Balaban J connectivity index is 2.10. The summed E-state index contributed by atoms with van der Waals surface area (Å²) in [6.07, 6.45) is 6.21. The monoisotopic (exact) mass is 244 g/mol. The van der Waals surface area contributed by atoms with Gasteiger partial charge in [0.2, 0.25) is 0 Å². The maximum absolute atomic E-state index is 5.83. The Morgan fingerprint density at radius 3 is 2.82 bits per heavy atom. The van der Waals surface area contributed by atoms with E-state index in [1.165, 1.54) is 32.2 Å². The van der Waals surface area contributed by atoms with Crippen molar-refractivity contribution in [2.24, 2.45) is 5.73 Å². The van der Waals surface area contributed by atoms with Gasteiger partial charge in [0.15, 0.2) is 0 Å². The van der Waals surface area contributed by atoms with Crippen molar-refractivity contribution in [2.45, 2.75) is 38.1 Å². The van der Waals surface area contributed by atoms with Crippen LogP contribution in [0.15, 0.2) is 0 Å². The summed E-state index contributed by atoms with van der Waals surface area (Å²) in [5.74, 6) is 0. The second-order valence-corrected chi connectivity index (χ2v) is 4.73. The molecule has 0 radical (unpaired) electrons. The molecule has 0 amide bonds. The Morgan fingerprint density at radius 2 is 2.06 bits per heavy atom. The second kappa shape index (κ2) is 9.83. The van der Waals surface area contributed by atoms with Crippen LogP contribution in [0.4, 0.5) is 0 Å². The Bertz CT molecular complexity index is 179. The lowest BCUT2D eigenvalue weighted by molar-refractivity contribution is 0.0737. The molecule has 0 aromatic rings. The maximum atomic E-state index is 5.83. The van der Waals surface area contributed by atoms with E-state index in [0.717, 1.165) is 39.3 Å². The molecule has 0 aliphatic carbocycles. The van der Waals surface area contributed by atoms with Gasteiger partial charge in [-0.25, -0.2) is 0 Å². The summed E-state index contributed by atoms with van der Waals surface area (Å²) < 4.78 is 10.6. The lowest BCUT2D eigenvalue weighted by atomic mass is 10.1. The van der Waals surface area contributed by atoms with Crippen molar-refractivity contribution in [3.05, 3.63) is 0 Å². The summed E-state index contributed by atoms with van der Waals surface area (Å²) in [4.78, 5) is 2.50. The molecule has 1 heterocycles. The van der Waals surface area contributed by atoms with Gasteiger partial charge in [-0.1, -0.05) is 12.8 Å². The molecule has 0 bridgehead atoms. The van der Waals surface area contributed by atoms with Gasteiger partial charge in [-0.15, -0.1) is 0 Å². The van der Waals surface area contributed by atoms with E-state index in [4.69, 9.17) is 15.2 Å². The highest BCUT2D eigenvalue weighted by Gasteiger charge is 2.18. The second-order valence-electron chi connectivity index (χ2n) is 4.73. The van der Waals surface area contributed by atoms with Crippen LogP contribution in [0, 0.1) is 0 Å². The fourth-order valence-electron chi connectivity index (χ4n) is 2.39. The number of rotatable bonds is 8. The van der Waals surface area contributed by atoms with Gasteiger partial charge in [-0.05, 0) is 25.8 Å². The predicted molar refractivity (Wildman–Crippen MR) is 70.2 cm³/mol. The SMILES string of the molecule is COCCCOCCN1CCCCCC1CN. The number of ether oxygens (including phenoxy) is 2. The molecule has 2 N–H and O–H groups in total. The van der Waals surface area contributed by atoms with E-state index in [9.17, 15) is 0 Å². The highest BCUT2D eigenvalue weighted by Crippen LogP contribution is 2.15.